The Kier molecular flexibility index (Phi) is 6.23. The van der Waals surface area contributed by atoms with Gasteiger partial charge in [0.1, 0.15) is 11.8 Å². The second-order valence-electron chi connectivity index (χ2n) is 6.97. The molecule has 154 valence electrons. The van der Waals surface area contributed by atoms with Gasteiger partial charge in [-0.1, -0.05) is 0 Å². The molecule has 1 heterocycles. The van der Waals surface area contributed by atoms with Gasteiger partial charge < -0.3 is 9.64 Å². The first-order valence-electron chi connectivity index (χ1n) is 9.58. The fourth-order valence-electron chi connectivity index (χ4n) is 3.24. The molecule has 0 saturated carbocycles. The van der Waals surface area contributed by atoms with E-state index < -0.39 is 0 Å². The van der Waals surface area contributed by atoms with Gasteiger partial charge in [0.25, 0.3) is 11.8 Å². The summed E-state index contributed by atoms with van der Waals surface area (Å²) in [6.45, 7) is 5.32. The van der Waals surface area contributed by atoms with Gasteiger partial charge in [0, 0.05) is 32.9 Å². The van der Waals surface area contributed by atoms with Crippen molar-refractivity contribution in [1.29, 1.82) is 5.26 Å². The Morgan fingerprint density at radius 1 is 1.10 bits per heavy atom. The first-order chi connectivity index (χ1) is 14.4. The Hall–Kier alpha value is -3.57. The number of aryl methyl sites for hydroxylation is 1. The minimum absolute atomic E-state index is 0.199. The molecule has 30 heavy (non-hydrogen) atoms. The van der Waals surface area contributed by atoms with Gasteiger partial charge in [-0.05, 0) is 49.7 Å². The lowest BCUT2D eigenvalue weighted by atomic mass is 10.0. The highest BCUT2D eigenvalue weighted by molar-refractivity contribution is 6.21. The van der Waals surface area contributed by atoms with E-state index in [2.05, 4.69) is 15.1 Å². The van der Waals surface area contributed by atoms with E-state index >= 15 is 0 Å². The predicted molar refractivity (Wildman–Crippen MR) is 113 cm³/mol. The van der Waals surface area contributed by atoms with Crippen LogP contribution in [0.4, 0.5) is 17.1 Å². The summed E-state index contributed by atoms with van der Waals surface area (Å²) in [4.78, 5) is 28.0. The quantitative estimate of drug-likeness (QED) is 0.512. The molecule has 0 saturated heterocycles. The van der Waals surface area contributed by atoms with Gasteiger partial charge >= 0.3 is 0 Å². The topological polar surface area (TPSA) is 98.4 Å². The molecule has 2 aromatic rings. The number of amides is 2. The van der Waals surface area contributed by atoms with Crippen LogP contribution in [0.2, 0.25) is 0 Å². The van der Waals surface area contributed by atoms with Gasteiger partial charge in [-0.3, -0.25) is 14.5 Å². The average molecular weight is 405 g/mol. The zero-order valence-electron chi connectivity index (χ0n) is 17.5. The molecule has 0 atom stereocenters. The van der Waals surface area contributed by atoms with E-state index in [0.29, 0.717) is 12.3 Å². The summed E-state index contributed by atoms with van der Waals surface area (Å²) in [6, 6.07) is 10.7. The third kappa shape index (κ3) is 3.93. The third-order valence-corrected chi connectivity index (χ3v) is 5.04. The fourth-order valence-corrected chi connectivity index (χ4v) is 3.24. The van der Waals surface area contributed by atoms with Gasteiger partial charge in [0.05, 0.1) is 29.0 Å². The van der Waals surface area contributed by atoms with Crippen LogP contribution in [0.1, 0.15) is 38.8 Å². The lowest BCUT2D eigenvalue weighted by Gasteiger charge is -2.19. The second kappa shape index (κ2) is 8.84. The molecule has 0 spiro atoms. The van der Waals surface area contributed by atoms with Crippen LogP contribution < -0.4 is 4.90 Å². The number of carbonyl (C=O) groups excluding carboxylic acids is 2. The Bertz CT molecular complexity index is 1070. The number of ether oxygens (including phenoxy) is 1. The predicted octanol–water partition coefficient (Wildman–Crippen LogP) is 3.98. The number of hydrogen-bond donors (Lipinski definition) is 0. The number of likely N-dealkylation sites (N-methyl/N-ethyl adjacent to an activating group) is 1. The highest BCUT2D eigenvalue weighted by atomic mass is 16.5. The molecule has 1 aliphatic rings. The Morgan fingerprint density at radius 3 is 2.37 bits per heavy atom. The Morgan fingerprint density at radius 2 is 1.77 bits per heavy atom. The highest BCUT2D eigenvalue weighted by Crippen LogP contribution is 2.32. The van der Waals surface area contributed by atoms with Crippen molar-refractivity contribution in [3.63, 3.8) is 0 Å². The van der Waals surface area contributed by atoms with E-state index in [1.165, 1.54) is 12.1 Å². The van der Waals surface area contributed by atoms with Gasteiger partial charge in [-0.15, -0.1) is 5.11 Å². The van der Waals surface area contributed by atoms with Crippen LogP contribution in [0, 0.1) is 18.3 Å². The van der Waals surface area contributed by atoms with Crippen LogP contribution >= 0.6 is 0 Å². The highest BCUT2D eigenvalue weighted by Gasteiger charge is 2.35. The van der Waals surface area contributed by atoms with Crippen LogP contribution in [-0.4, -0.2) is 50.6 Å². The fraction of sp³-hybridized carbons (Fsp3) is 0.318. The van der Waals surface area contributed by atoms with Gasteiger partial charge in [0.15, 0.2) is 0 Å². The molecule has 8 nitrogen and oxygen atoms in total. The summed E-state index contributed by atoms with van der Waals surface area (Å²) in [7, 11) is 3.65. The molecule has 0 N–H and O–H groups in total. The number of imide groups is 1. The molecule has 1 aliphatic heterocycles. The minimum atomic E-state index is -0.387. The summed E-state index contributed by atoms with van der Waals surface area (Å²) in [6.07, 6.45) is 0. The minimum Gasteiger partial charge on any atom is -0.383 e. The molecule has 2 aromatic carbocycles. The number of azo groups is 1. The normalized spacial score (nSPS) is 13.1. The first kappa shape index (κ1) is 21.1. The van der Waals surface area contributed by atoms with Crippen molar-refractivity contribution < 1.29 is 14.3 Å². The zero-order chi connectivity index (χ0) is 21.8. The molecule has 0 aromatic heterocycles. The van der Waals surface area contributed by atoms with E-state index in [0.717, 1.165) is 22.7 Å². The molecule has 3 rings (SSSR count). The lowest BCUT2D eigenvalue weighted by molar-refractivity contribution is 0.0663. The number of fused-ring (bicyclic) bond motifs is 1. The monoisotopic (exact) mass is 405 g/mol. The number of hydrogen-bond acceptors (Lipinski definition) is 7. The van der Waals surface area contributed by atoms with E-state index in [1.807, 2.05) is 38.2 Å². The van der Waals surface area contributed by atoms with Crippen molar-refractivity contribution >= 4 is 28.9 Å². The summed E-state index contributed by atoms with van der Waals surface area (Å²) < 4.78 is 5.11. The molecule has 0 fully saturated rings. The van der Waals surface area contributed by atoms with E-state index in [-0.39, 0.29) is 40.7 Å². The molecule has 0 unspecified atom stereocenters. The average Bonchev–Trinajstić information content (AvgIpc) is 2.99. The van der Waals surface area contributed by atoms with Crippen molar-refractivity contribution in [3.8, 4) is 6.07 Å². The standard InChI is InChI=1S/C22H23N5O3/c1-5-27-21(28)17-11-15(13-23)20(12-18(17)22(27)29)25-24-19-7-6-16(10-14(19)2)26(3)8-9-30-4/h6-7,10-12H,5,8-9H2,1-4H3. The van der Waals surface area contributed by atoms with Crippen molar-refractivity contribution in [2.75, 3.05) is 38.8 Å². The molecule has 0 radical (unpaired) electrons. The van der Waals surface area contributed by atoms with Crippen molar-refractivity contribution in [2.45, 2.75) is 13.8 Å². The maximum absolute atomic E-state index is 12.4. The molecule has 0 aliphatic carbocycles. The number of benzene rings is 2. The van der Waals surface area contributed by atoms with Crippen LogP contribution in [0.5, 0.6) is 0 Å². The van der Waals surface area contributed by atoms with Crippen LogP contribution in [0.3, 0.4) is 0 Å². The second-order valence-corrected chi connectivity index (χ2v) is 6.97. The number of methoxy groups -OCH3 is 1. The molecular weight excluding hydrogens is 382 g/mol. The summed E-state index contributed by atoms with van der Waals surface area (Å²) in [5.41, 5.74) is 3.55. The number of nitrogens with zero attached hydrogens (tertiary/aromatic N) is 5. The van der Waals surface area contributed by atoms with E-state index in [9.17, 15) is 14.9 Å². The summed E-state index contributed by atoms with van der Waals surface area (Å²) >= 11 is 0. The Balaban J connectivity index is 1.90. The SMILES string of the molecule is CCN1C(=O)c2cc(C#N)c(N=Nc3ccc(N(C)CCOC)cc3C)cc2C1=O. The van der Waals surface area contributed by atoms with Crippen molar-refractivity contribution in [3.05, 3.63) is 52.6 Å². The van der Waals surface area contributed by atoms with E-state index in [4.69, 9.17) is 4.74 Å². The maximum atomic E-state index is 12.4. The molecule has 2 amide bonds. The largest absolute Gasteiger partial charge is 0.383 e. The summed E-state index contributed by atoms with van der Waals surface area (Å²) in [5, 5.41) is 18.0. The Labute approximate surface area is 175 Å². The smallest absolute Gasteiger partial charge is 0.261 e. The van der Waals surface area contributed by atoms with Crippen molar-refractivity contribution in [2.24, 2.45) is 10.2 Å². The summed E-state index contributed by atoms with van der Waals surface area (Å²) in [5.74, 6) is -0.764. The van der Waals surface area contributed by atoms with Crippen molar-refractivity contribution in [1.82, 2.24) is 4.90 Å². The molecular formula is C22H23N5O3. The van der Waals surface area contributed by atoms with Crippen LogP contribution in [-0.2, 0) is 4.74 Å². The number of nitriles is 1. The molecule has 8 heteroatoms. The third-order valence-electron chi connectivity index (χ3n) is 5.04. The number of rotatable bonds is 7. The first-order valence-corrected chi connectivity index (χ1v) is 9.58. The lowest BCUT2D eigenvalue weighted by Crippen LogP contribution is -2.29. The number of anilines is 1. The van der Waals surface area contributed by atoms with Crippen LogP contribution in [0.15, 0.2) is 40.6 Å². The van der Waals surface area contributed by atoms with Gasteiger partial charge in [0.2, 0.25) is 0 Å². The maximum Gasteiger partial charge on any atom is 0.261 e. The van der Waals surface area contributed by atoms with Gasteiger partial charge in [-0.25, -0.2) is 0 Å². The van der Waals surface area contributed by atoms with E-state index in [1.54, 1.807) is 14.0 Å². The van der Waals surface area contributed by atoms with Gasteiger partial charge in [-0.2, -0.15) is 10.4 Å². The molecule has 0 bridgehead atoms. The van der Waals surface area contributed by atoms with Crippen LogP contribution in [0.25, 0.3) is 0 Å². The zero-order valence-corrected chi connectivity index (χ0v) is 17.5. The number of carbonyl (C=O) groups is 2.